The molecule has 2 heterocycles. The fourth-order valence-corrected chi connectivity index (χ4v) is 4.45. The van der Waals surface area contributed by atoms with Crippen molar-refractivity contribution in [3.8, 4) is 0 Å². The Labute approximate surface area is 167 Å². The molecule has 1 fully saturated rings. The number of benzene rings is 2. The highest BCUT2D eigenvalue weighted by atomic mass is 35.5. The van der Waals surface area contributed by atoms with Gasteiger partial charge in [0.05, 0.1) is 21.8 Å². The number of nitrogens with zero attached hydrogens (tertiary/aromatic N) is 2. The van der Waals surface area contributed by atoms with Crippen molar-refractivity contribution in [1.82, 2.24) is 10.4 Å². The van der Waals surface area contributed by atoms with Gasteiger partial charge in [0.15, 0.2) is 5.13 Å². The van der Waals surface area contributed by atoms with E-state index in [1.165, 1.54) is 4.70 Å². The van der Waals surface area contributed by atoms with Gasteiger partial charge in [0.1, 0.15) is 0 Å². The number of hydrogen-bond donors (Lipinski definition) is 2. The van der Waals surface area contributed by atoms with Gasteiger partial charge >= 0.3 is 0 Å². The summed E-state index contributed by atoms with van der Waals surface area (Å²) in [6.07, 6.45) is 1.86. The quantitative estimate of drug-likeness (QED) is 0.627. The second kappa shape index (κ2) is 7.74. The maximum atomic E-state index is 12.6. The number of nitrogens with one attached hydrogen (secondary N) is 2. The van der Waals surface area contributed by atoms with Gasteiger partial charge in [0.25, 0.3) is 0 Å². The van der Waals surface area contributed by atoms with Gasteiger partial charge < -0.3 is 4.90 Å². The number of amides is 1. The SMILES string of the molecule is Cc1ccc(NNC(=O)[C@@H]2CCCN(c3nc4ccccc4s3)C2)cc1Cl. The second-order valence-electron chi connectivity index (χ2n) is 6.83. The van der Waals surface area contributed by atoms with Crippen LogP contribution in [0, 0.1) is 12.8 Å². The fraction of sp³-hybridized carbons (Fsp3) is 0.300. The molecule has 2 aromatic carbocycles. The van der Waals surface area contributed by atoms with Gasteiger partial charge in [0.2, 0.25) is 5.91 Å². The van der Waals surface area contributed by atoms with Crippen LogP contribution >= 0.6 is 22.9 Å². The van der Waals surface area contributed by atoms with Gasteiger partial charge in [-0.15, -0.1) is 0 Å². The maximum absolute atomic E-state index is 12.6. The predicted molar refractivity (Wildman–Crippen MR) is 113 cm³/mol. The van der Waals surface area contributed by atoms with Crippen LogP contribution in [0.3, 0.4) is 0 Å². The van der Waals surface area contributed by atoms with Crippen molar-refractivity contribution in [2.45, 2.75) is 19.8 Å². The minimum Gasteiger partial charge on any atom is -0.347 e. The number of aryl methyl sites for hydroxylation is 1. The number of para-hydroxylation sites is 1. The average molecular weight is 401 g/mol. The molecular formula is C20H21ClN4OS. The van der Waals surface area contributed by atoms with E-state index in [2.05, 4.69) is 21.8 Å². The Morgan fingerprint density at radius 2 is 2.15 bits per heavy atom. The molecule has 0 unspecified atom stereocenters. The van der Waals surface area contributed by atoms with E-state index < -0.39 is 0 Å². The largest absolute Gasteiger partial charge is 0.347 e. The highest BCUT2D eigenvalue weighted by Gasteiger charge is 2.27. The van der Waals surface area contributed by atoms with E-state index in [1.807, 2.05) is 43.3 Å². The number of carbonyl (C=O) groups excluding carboxylic acids is 1. The third-order valence-electron chi connectivity index (χ3n) is 4.85. The Morgan fingerprint density at radius 1 is 1.30 bits per heavy atom. The third-order valence-corrected chi connectivity index (χ3v) is 6.35. The van der Waals surface area contributed by atoms with E-state index in [-0.39, 0.29) is 11.8 Å². The number of fused-ring (bicyclic) bond motifs is 1. The molecule has 1 aromatic heterocycles. The van der Waals surface area contributed by atoms with Crippen molar-refractivity contribution in [2.24, 2.45) is 5.92 Å². The Hall–Kier alpha value is -2.31. The Morgan fingerprint density at radius 3 is 2.96 bits per heavy atom. The lowest BCUT2D eigenvalue weighted by atomic mass is 9.98. The zero-order chi connectivity index (χ0) is 18.8. The summed E-state index contributed by atoms with van der Waals surface area (Å²) in [6.45, 7) is 3.57. The average Bonchev–Trinajstić information content (AvgIpc) is 3.13. The molecule has 0 aliphatic carbocycles. The van der Waals surface area contributed by atoms with Gasteiger partial charge in [0, 0.05) is 18.1 Å². The third kappa shape index (κ3) is 4.01. The lowest BCUT2D eigenvalue weighted by Crippen LogP contribution is -2.44. The molecule has 5 nitrogen and oxygen atoms in total. The molecule has 2 N–H and O–H groups in total. The number of rotatable bonds is 4. The summed E-state index contributed by atoms with van der Waals surface area (Å²) in [7, 11) is 0. The van der Waals surface area contributed by atoms with Crippen molar-refractivity contribution in [2.75, 3.05) is 23.4 Å². The molecule has 0 spiro atoms. The normalized spacial score (nSPS) is 17.1. The molecule has 1 atom stereocenters. The molecule has 1 amide bonds. The van der Waals surface area contributed by atoms with Crippen LogP contribution in [0.5, 0.6) is 0 Å². The number of thiazole rings is 1. The molecule has 7 heteroatoms. The van der Waals surface area contributed by atoms with E-state index in [1.54, 1.807) is 11.3 Å². The number of aromatic nitrogens is 1. The van der Waals surface area contributed by atoms with Crippen molar-refractivity contribution in [1.29, 1.82) is 0 Å². The van der Waals surface area contributed by atoms with E-state index in [9.17, 15) is 4.79 Å². The number of hydrogen-bond acceptors (Lipinski definition) is 5. The summed E-state index contributed by atoms with van der Waals surface area (Å²) in [5, 5.41) is 1.67. The van der Waals surface area contributed by atoms with E-state index in [4.69, 9.17) is 16.6 Å². The van der Waals surface area contributed by atoms with Gasteiger partial charge in [-0.3, -0.25) is 15.6 Å². The van der Waals surface area contributed by atoms with Crippen LogP contribution in [-0.2, 0) is 4.79 Å². The van der Waals surface area contributed by atoms with E-state index in [0.29, 0.717) is 11.6 Å². The fourth-order valence-electron chi connectivity index (χ4n) is 3.27. The Kier molecular flexibility index (Phi) is 5.18. The van der Waals surface area contributed by atoms with Crippen molar-refractivity contribution < 1.29 is 4.79 Å². The standard InChI is InChI=1S/C20H21ClN4OS/c1-13-8-9-15(11-16(13)21)23-24-19(26)14-5-4-10-25(12-14)20-22-17-6-2-3-7-18(17)27-20/h2-3,6-9,11,14,23H,4-5,10,12H2,1H3,(H,24,26)/t14-/m1/s1. The summed E-state index contributed by atoms with van der Waals surface area (Å²) >= 11 is 7.82. The summed E-state index contributed by atoms with van der Waals surface area (Å²) in [5.74, 6) is -0.0725. The van der Waals surface area contributed by atoms with Crippen LogP contribution in [0.4, 0.5) is 10.8 Å². The molecule has 0 radical (unpaired) electrons. The first-order valence-electron chi connectivity index (χ1n) is 9.03. The van der Waals surface area contributed by atoms with Crippen LogP contribution in [0.25, 0.3) is 10.2 Å². The molecule has 4 rings (SSSR count). The van der Waals surface area contributed by atoms with Crippen LogP contribution in [-0.4, -0.2) is 24.0 Å². The topological polar surface area (TPSA) is 57.3 Å². The second-order valence-corrected chi connectivity index (χ2v) is 8.24. The van der Waals surface area contributed by atoms with Crippen molar-refractivity contribution in [3.05, 3.63) is 53.1 Å². The lowest BCUT2D eigenvalue weighted by molar-refractivity contribution is -0.124. The molecule has 140 valence electrons. The Balaban J connectivity index is 1.39. The van der Waals surface area contributed by atoms with Crippen LogP contribution < -0.4 is 15.8 Å². The van der Waals surface area contributed by atoms with Gasteiger partial charge in [-0.05, 0) is 49.6 Å². The molecule has 1 saturated heterocycles. The number of piperidine rings is 1. The number of carbonyl (C=O) groups is 1. The van der Waals surface area contributed by atoms with Crippen molar-refractivity contribution in [3.63, 3.8) is 0 Å². The van der Waals surface area contributed by atoms with Crippen molar-refractivity contribution >= 4 is 49.9 Å². The van der Waals surface area contributed by atoms with E-state index in [0.717, 1.165) is 41.3 Å². The van der Waals surface area contributed by atoms with Gasteiger partial charge in [-0.1, -0.05) is 41.1 Å². The van der Waals surface area contributed by atoms with Crippen LogP contribution in [0.1, 0.15) is 18.4 Å². The first kappa shape index (κ1) is 18.1. The molecule has 1 aliphatic heterocycles. The molecule has 27 heavy (non-hydrogen) atoms. The van der Waals surface area contributed by atoms with Gasteiger partial charge in [-0.2, -0.15) is 0 Å². The zero-order valence-corrected chi connectivity index (χ0v) is 16.6. The highest BCUT2D eigenvalue weighted by molar-refractivity contribution is 7.22. The minimum atomic E-state index is -0.0702. The van der Waals surface area contributed by atoms with E-state index >= 15 is 0 Å². The van der Waals surface area contributed by atoms with Crippen LogP contribution in [0.15, 0.2) is 42.5 Å². The zero-order valence-electron chi connectivity index (χ0n) is 15.0. The molecule has 3 aromatic rings. The van der Waals surface area contributed by atoms with Crippen LogP contribution in [0.2, 0.25) is 5.02 Å². The Bertz CT molecular complexity index is 941. The summed E-state index contributed by atoms with van der Waals surface area (Å²) < 4.78 is 1.18. The molecule has 0 bridgehead atoms. The smallest absolute Gasteiger partial charge is 0.243 e. The lowest BCUT2D eigenvalue weighted by Gasteiger charge is -2.31. The first-order valence-corrected chi connectivity index (χ1v) is 10.2. The molecule has 1 aliphatic rings. The summed E-state index contributed by atoms with van der Waals surface area (Å²) in [6, 6.07) is 13.8. The number of anilines is 2. The first-order chi connectivity index (χ1) is 13.1. The van der Waals surface area contributed by atoms with Gasteiger partial charge in [-0.25, -0.2) is 4.98 Å². The maximum Gasteiger partial charge on any atom is 0.243 e. The summed E-state index contributed by atoms with van der Waals surface area (Å²) in [4.78, 5) is 19.6. The monoisotopic (exact) mass is 400 g/mol. The molecule has 0 saturated carbocycles. The number of halogens is 1. The molecular weight excluding hydrogens is 380 g/mol. The minimum absolute atomic E-state index is 0.00231. The predicted octanol–water partition coefficient (Wildman–Crippen LogP) is 4.62. The summed E-state index contributed by atoms with van der Waals surface area (Å²) in [5.41, 5.74) is 8.59. The number of hydrazine groups is 1. The highest BCUT2D eigenvalue weighted by Crippen LogP contribution is 2.31.